The van der Waals surface area contributed by atoms with Gasteiger partial charge in [-0.2, -0.15) is 0 Å². The van der Waals surface area contributed by atoms with Crippen LogP contribution in [0.3, 0.4) is 0 Å². The lowest BCUT2D eigenvalue weighted by molar-refractivity contribution is -0.117. The highest BCUT2D eigenvalue weighted by atomic mass is 32.2. The first kappa shape index (κ1) is 18.1. The second-order valence-corrected chi connectivity index (χ2v) is 8.30. The molecule has 0 spiro atoms. The summed E-state index contributed by atoms with van der Waals surface area (Å²) >= 11 is 0. The number of hydrogen-bond donors (Lipinski definition) is 1. The molecule has 0 saturated carbocycles. The lowest BCUT2D eigenvalue weighted by Crippen LogP contribution is -2.25. The van der Waals surface area contributed by atoms with Crippen LogP contribution in [0.15, 0.2) is 53.4 Å². The highest BCUT2D eigenvalue weighted by Gasteiger charge is 2.22. The summed E-state index contributed by atoms with van der Waals surface area (Å²) in [6.07, 6.45) is 0.620. The first-order valence-electron chi connectivity index (χ1n) is 8.35. The molecule has 7 heteroatoms. The van der Waals surface area contributed by atoms with Crippen molar-refractivity contribution in [3.8, 4) is 0 Å². The number of rotatable bonds is 5. The number of nitrogens with one attached hydrogen (secondary N) is 1. The maximum absolute atomic E-state index is 12.2. The number of hydrogen-bond acceptors (Lipinski definition) is 4. The van der Waals surface area contributed by atoms with Gasteiger partial charge in [-0.25, -0.2) is 8.42 Å². The summed E-state index contributed by atoms with van der Waals surface area (Å²) < 4.78 is 24.4. The van der Waals surface area contributed by atoms with Gasteiger partial charge in [0.25, 0.3) is 0 Å². The Balaban J connectivity index is 1.62. The number of carbonyl (C=O) groups is 2. The fraction of sp³-hybridized carbons (Fsp3) is 0.263. The summed E-state index contributed by atoms with van der Waals surface area (Å²) in [7, 11) is -3.48. The molecule has 2 aromatic carbocycles. The molecule has 3 rings (SSSR count). The summed E-state index contributed by atoms with van der Waals surface area (Å²) in [5.74, 6) is -0.608. The van der Waals surface area contributed by atoms with Crippen LogP contribution in [0.5, 0.6) is 0 Å². The molecule has 1 N–H and O–H groups in total. The maximum Gasteiger partial charge on any atom is 0.225 e. The Morgan fingerprint density at radius 1 is 1.12 bits per heavy atom. The average Bonchev–Trinajstić information content (AvgIpc) is 3.04. The van der Waals surface area contributed by atoms with Crippen molar-refractivity contribution in [1.29, 1.82) is 0 Å². The van der Waals surface area contributed by atoms with E-state index in [1.807, 2.05) is 6.07 Å². The molecule has 2 amide bonds. The van der Waals surface area contributed by atoms with Crippen LogP contribution in [0.2, 0.25) is 0 Å². The van der Waals surface area contributed by atoms with Gasteiger partial charge in [0.15, 0.2) is 9.84 Å². The molecule has 6 nitrogen and oxygen atoms in total. The fourth-order valence-electron chi connectivity index (χ4n) is 3.00. The van der Waals surface area contributed by atoms with Crippen LogP contribution in [0.4, 0.5) is 11.4 Å². The molecule has 1 aliphatic heterocycles. The molecule has 0 radical (unpaired) electrons. The first-order valence-corrected chi connectivity index (χ1v) is 10.0. The largest absolute Gasteiger partial charge is 0.326 e. The summed E-state index contributed by atoms with van der Waals surface area (Å²) in [4.78, 5) is 25.6. The molecule has 0 saturated heterocycles. The van der Waals surface area contributed by atoms with Gasteiger partial charge in [0.1, 0.15) is 0 Å². The predicted octanol–water partition coefficient (Wildman–Crippen LogP) is 2.40. The second kappa shape index (κ2) is 7.29. The van der Waals surface area contributed by atoms with E-state index in [0.717, 1.165) is 17.7 Å². The van der Waals surface area contributed by atoms with Crippen LogP contribution in [0.25, 0.3) is 0 Å². The SMILES string of the molecule is CC(=O)N1CCc2cc(NC(=O)CCS(=O)(=O)c3ccccc3)ccc21. The zero-order valence-corrected chi connectivity index (χ0v) is 15.3. The minimum absolute atomic E-state index is 0.00773. The first-order chi connectivity index (χ1) is 12.4. The van der Waals surface area contributed by atoms with Crippen LogP contribution in [0, 0.1) is 0 Å². The van der Waals surface area contributed by atoms with E-state index in [1.165, 1.54) is 19.1 Å². The molecule has 2 aromatic rings. The van der Waals surface area contributed by atoms with Crippen molar-refractivity contribution in [2.24, 2.45) is 0 Å². The van der Waals surface area contributed by atoms with Gasteiger partial charge in [-0.3, -0.25) is 9.59 Å². The van der Waals surface area contributed by atoms with Gasteiger partial charge >= 0.3 is 0 Å². The van der Waals surface area contributed by atoms with E-state index in [2.05, 4.69) is 5.32 Å². The summed E-state index contributed by atoms with van der Waals surface area (Å²) in [6, 6.07) is 13.5. The lowest BCUT2D eigenvalue weighted by atomic mass is 10.1. The van der Waals surface area contributed by atoms with Gasteiger partial charge < -0.3 is 10.2 Å². The Hall–Kier alpha value is -2.67. The number of fused-ring (bicyclic) bond motifs is 1. The van der Waals surface area contributed by atoms with E-state index < -0.39 is 9.84 Å². The van der Waals surface area contributed by atoms with Crippen molar-refractivity contribution in [2.75, 3.05) is 22.5 Å². The molecule has 136 valence electrons. The molecule has 1 aliphatic rings. The predicted molar refractivity (Wildman–Crippen MR) is 99.9 cm³/mol. The molecule has 26 heavy (non-hydrogen) atoms. The average molecular weight is 372 g/mol. The maximum atomic E-state index is 12.2. The Bertz CT molecular complexity index is 939. The van der Waals surface area contributed by atoms with E-state index >= 15 is 0 Å². The van der Waals surface area contributed by atoms with E-state index in [1.54, 1.807) is 35.2 Å². The van der Waals surface area contributed by atoms with Crippen molar-refractivity contribution >= 4 is 33.0 Å². The Kier molecular flexibility index (Phi) is 5.08. The van der Waals surface area contributed by atoms with Crippen LogP contribution < -0.4 is 10.2 Å². The Morgan fingerprint density at radius 3 is 2.54 bits per heavy atom. The van der Waals surface area contributed by atoms with E-state index in [9.17, 15) is 18.0 Å². The number of anilines is 2. The third-order valence-corrected chi connectivity index (χ3v) is 6.07. The summed E-state index contributed by atoms with van der Waals surface area (Å²) in [6.45, 7) is 2.16. The van der Waals surface area contributed by atoms with Crippen LogP contribution in [0.1, 0.15) is 18.9 Å². The van der Waals surface area contributed by atoms with Crippen molar-refractivity contribution in [3.63, 3.8) is 0 Å². The number of sulfone groups is 1. The minimum Gasteiger partial charge on any atom is -0.326 e. The summed E-state index contributed by atoms with van der Waals surface area (Å²) in [5.41, 5.74) is 2.47. The van der Waals surface area contributed by atoms with Crippen LogP contribution in [-0.2, 0) is 25.8 Å². The van der Waals surface area contributed by atoms with E-state index in [0.29, 0.717) is 12.2 Å². The van der Waals surface area contributed by atoms with E-state index in [-0.39, 0.29) is 28.9 Å². The molecule has 0 unspecified atom stereocenters. The Morgan fingerprint density at radius 2 is 1.85 bits per heavy atom. The summed E-state index contributed by atoms with van der Waals surface area (Å²) in [5, 5.41) is 2.73. The van der Waals surface area contributed by atoms with Gasteiger partial charge in [0, 0.05) is 31.3 Å². The number of carbonyl (C=O) groups excluding carboxylic acids is 2. The van der Waals surface area contributed by atoms with Gasteiger partial charge in [0.2, 0.25) is 11.8 Å². The third-order valence-electron chi connectivity index (χ3n) is 4.34. The standard InChI is InChI=1S/C19H20N2O4S/c1-14(22)21-11-9-15-13-16(7-8-18(15)21)20-19(23)10-12-26(24,25)17-5-3-2-4-6-17/h2-8,13H,9-12H2,1H3,(H,20,23). The third kappa shape index (κ3) is 3.94. The zero-order valence-electron chi connectivity index (χ0n) is 14.4. The quantitative estimate of drug-likeness (QED) is 0.874. The van der Waals surface area contributed by atoms with Gasteiger partial charge in [-0.1, -0.05) is 18.2 Å². The minimum atomic E-state index is -3.48. The van der Waals surface area contributed by atoms with E-state index in [4.69, 9.17) is 0 Å². The normalized spacial score (nSPS) is 13.3. The molecule has 0 bridgehead atoms. The lowest BCUT2D eigenvalue weighted by Gasteiger charge is -2.15. The molecule has 0 aromatic heterocycles. The highest BCUT2D eigenvalue weighted by molar-refractivity contribution is 7.91. The molecule has 1 heterocycles. The highest BCUT2D eigenvalue weighted by Crippen LogP contribution is 2.30. The number of benzene rings is 2. The van der Waals surface area contributed by atoms with Gasteiger partial charge in [-0.15, -0.1) is 0 Å². The van der Waals surface area contributed by atoms with Crippen LogP contribution in [-0.4, -0.2) is 32.5 Å². The number of amides is 2. The van der Waals surface area contributed by atoms with Crippen molar-refractivity contribution in [1.82, 2.24) is 0 Å². The monoisotopic (exact) mass is 372 g/mol. The zero-order chi connectivity index (χ0) is 18.7. The number of nitrogens with zero attached hydrogens (tertiary/aromatic N) is 1. The molecule has 0 fully saturated rings. The fourth-order valence-corrected chi connectivity index (χ4v) is 4.26. The molecule has 0 aliphatic carbocycles. The van der Waals surface area contributed by atoms with Gasteiger partial charge in [-0.05, 0) is 42.3 Å². The molecular formula is C19H20N2O4S. The van der Waals surface area contributed by atoms with Gasteiger partial charge in [0.05, 0.1) is 10.6 Å². The molecule has 0 atom stereocenters. The van der Waals surface area contributed by atoms with Crippen molar-refractivity contribution in [2.45, 2.75) is 24.7 Å². The molecular weight excluding hydrogens is 352 g/mol. The smallest absolute Gasteiger partial charge is 0.225 e. The van der Waals surface area contributed by atoms with Crippen LogP contribution >= 0.6 is 0 Å². The Labute approximate surface area is 152 Å². The van der Waals surface area contributed by atoms with Crippen molar-refractivity contribution < 1.29 is 18.0 Å². The second-order valence-electron chi connectivity index (χ2n) is 6.19. The van der Waals surface area contributed by atoms with Crippen molar-refractivity contribution in [3.05, 3.63) is 54.1 Å². The topological polar surface area (TPSA) is 83.6 Å².